The third-order valence-corrected chi connectivity index (χ3v) is 5.61. The summed E-state index contributed by atoms with van der Waals surface area (Å²) in [7, 11) is 5.82. The van der Waals surface area contributed by atoms with E-state index >= 15 is 0 Å². The van der Waals surface area contributed by atoms with Crippen molar-refractivity contribution in [2.45, 2.75) is 12.8 Å². The molecule has 1 aromatic carbocycles. The van der Waals surface area contributed by atoms with E-state index in [2.05, 4.69) is 15.3 Å². The van der Waals surface area contributed by atoms with Crippen molar-refractivity contribution in [2.75, 3.05) is 34.2 Å². The zero-order chi connectivity index (χ0) is 21.4. The van der Waals surface area contributed by atoms with Gasteiger partial charge >= 0.3 is 0 Å². The first-order valence-electron chi connectivity index (χ1n) is 10.0. The van der Waals surface area contributed by atoms with Gasteiger partial charge in [-0.05, 0) is 69.9 Å². The number of hydrogen-bond donors (Lipinski definition) is 4. The lowest BCUT2D eigenvalue weighted by Gasteiger charge is -2.15. The summed E-state index contributed by atoms with van der Waals surface area (Å²) >= 11 is 0. The summed E-state index contributed by atoms with van der Waals surface area (Å²) in [5.74, 6) is -0.223. The molecule has 0 spiro atoms. The molecule has 1 aliphatic carbocycles. The molecule has 3 aromatic rings. The van der Waals surface area contributed by atoms with E-state index in [1.165, 1.54) is 6.08 Å². The molecular formula is C23H26N4O3. The molecule has 0 radical (unpaired) electrons. The summed E-state index contributed by atoms with van der Waals surface area (Å²) in [5.41, 5.74) is 4.25. The second-order valence-electron chi connectivity index (χ2n) is 7.92. The van der Waals surface area contributed by atoms with E-state index in [-0.39, 0.29) is 17.3 Å². The molecule has 0 bridgehead atoms. The van der Waals surface area contributed by atoms with Gasteiger partial charge in [-0.2, -0.15) is 0 Å². The first-order valence-corrected chi connectivity index (χ1v) is 10.0. The standard InChI is InChI=1S/C23H26N4O3/c1-24-8-6-13-11-25-21-15(4-5-17(28)19(13)21)16-10-18(29)20-14(7-9-27(2)3)12-26-22(20)23(16)30/h4-5,10-12,24-26,28H,6-9H2,1-3H3. The molecule has 4 N–H and O–H groups in total. The number of likely N-dealkylation sites (N-methyl/N-ethyl adjacent to an activating group) is 2. The van der Waals surface area contributed by atoms with Gasteiger partial charge in [0.1, 0.15) is 5.75 Å². The average Bonchev–Trinajstić information content (AvgIpc) is 3.33. The van der Waals surface area contributed by atoms with Gasteiger partial charge in [0.15, 0.2) is 5.78 Å². The molecule has 2 heterocycles. The molecule has 0 unspecified atom stereocenters. The SMILES string of the molecule is CNCCc1c[nH]c2c(C3=CC(=O)c4c(CCN(C)C)c[nH]c4C3=O)ccc(O)c12. The van der Waals surface area contributed by atoms with Crippen LogP contribution in [0, 0.1) is 0 Å². The number of rotatable bonds is 7. The average molecular weight is 406 g/mol. The van der Waals surface area contributed by atoms with Crippen molar-refractivity contribution >= 4 is 28.0 Å². The van der Waals surface area contributed by atoms with Crippen LogP contribution in [0.15, 0.2) is 30.6 Å². The third-order valence-electron chi connectivity index (χ3n) is 5.61. The lowest BCUT2D eigenvalue weighted by molar-refractivity contribution is 0.0999. The number of aromatic hydroxyl groups is 1. The van der Waals surface area contributed by atoms with Crippen LogP contribution >= 0.6 is 0 Å². The molecule has 0 atom stereocenters. The minimum absolute atomic E-state index is 0.155. The first-order chi connectivity index (χ1) is 14.4. The highest BCUT2D eigenvalue weighted by molar-refractivity contribution is 6.39. The Morgan fingerprint density at radius 3 is 2.57 bits per heavy atom. The van der Waals surface area contributed by atoms with E-state index in [9.17, 15) is 14.7 Å². The van der Waals surface area contributed by atoms with Gasteiger partial charge in [-0.15, -0.1) is 0 Å². The maximum absolute atomic E-state index is 13.3. The Balaban J connectivity index is 1.76. The molecule has 0 aliphatic heterocycles. The fourth-order valence-corrected chi connectivity index (χ4v) is 4.05. The summed E-state index contributed by atoms with van der Waals surface area (Å²) in [5, 5.41) is 14.2. The highest BCUT2D eigenvalue weighted by atomic mass is 16.3. The van der Waals surface area contributed by atoms with E-state index in [1.54, 1.807) is 18.3 Å². The summed E-state index contributed by atoms with van der Waals surface area (Å²) in [4.78, 5) is 34.5. The van der Waals surface area contributed by atoms with Crippen molar-refractivity contribution in [3.05, 3.63) is 58.6 Å². The van der Waals surface area contributed by atoms with Crippen molar-refractivity contribution < 1.29 is 14.7 Å². The van der Waals surface area contributed by atoms with E-state index in [1.807, 2.05) is 32.2 Å². The molecule has 0 saturated heterocycles. The molecule has 156 valence electrons. The molecule has 0 saturated carbocycles. The van der Waals surface area contributed by atoms with Crippen LogP contribution in [0.4, 0.5) is 0 Å². The number of benzene rings is 1. The van der Waals surface area contributed by atoms with Crippen LogP contribution in [0.1, 0.15) is 37.5 Å². The Kier molecular flexibility index (Phi) is 5.32. The maximum atomic E-state index is 13.3. The monoisotopic (exact) mass is 406 g/mol. The summed E-state index contributed by atoms with van der Waals surface area (Å²) in [6.45, 7) is 1.55. The summed E-state index contributed by atoms with van der Waals surface area (Å²) in [6, 6.07) is 3.27. The smallest absolute Gasteiger partial charge is 0.210 e. The van der Waals surface area contributed by atoms with Gasteiger partial charge in [0.25, 0.3) is 0 Å². The van der Waals surface area contributed by atoms with Crippen molar-refractivity contribution in [1.82, 2.24) is 20.2 Å². The molecule has 1 aliphatic rings. The number of Topliss-reactive ketones (excluding diaryl/α,β-unsaturated/α-hetero) is 1. The number of hydrogen-bond acceptors (Lipinski definition) is 5. The van der Waals surface area contributed by atoms with E-state index in [0.29, 0.717) is 39.7 Å². The number of phenols is 1. The van der Waals surface area contributed by atoms with Gasteiger partial charge in [-0.3, -0.25) is 9.59 Å². The normalized spacial score (nSPS) is 13.9. The van der Waals surface area contributed by atoms with Crippen LogP contribution in [0.2, 0.25) is 0 Å². The van der Waals surface area contributed by atoms with E-state index in [0.717, 1.165) is 30.6 Å². The first kappa shape index (κ1) is 20.1. The van der Waals surface area contributed by atoms with E-state index in [4.69, 9.17) is 0 Å². The molecule has 7 heteroatoms. The number of allylic oxidation sites excluding steroid dienone is 2. The number of carbonyl (C=O) groups excluding carboxylic acids is 2. The number of ketones is 2. The number of fused-ring (bicyclic) bond motifs is 2. The Morgan fingerprint density at radius 1 is 1.07 bits per heavy atom. The van der Waals surface area contributed by atoms with Crippen molar-refractivity contribution in [1.29, 1.82) is 0 Å². The summed E-state index contributed by atoms with van der Waals surface area (Å²) in [6.07, 6.45) is 6.46. The number of nitrogens with zero attached hydrogens (tertiary/aromatic N) is 1. The predicted molar refractivity (Wildman–Crippen MR) is 117 cm³/mol. The number of phenolic OH excluding ortho intramolecular Hbond substituents is 1. The minimum atomic E-state index is -0.209. The lowest BCUT2D eigenvalue weighted by atomic mass is 9.87. The van der Waals surface area contributed by atoms with Crippen LogP contribution in [-0.4, -0.2) is 65.8 Å². The number of nitrogens with one attached hydrogen (secondary N) is 3. The molecule has 0 fully saturated rings. The number of H-pyrrole nitrogens is 2. The fourth-order valence-electron chi connectivity index (χ4n) is 4.05. The highest BCUT2D eigenvalue weighted by Gasteiger charge is 2.31. The quantitative estimate of drug-likeness (QED) is 0.483. The van der Waals surface area contributed by atoms with E-state index < -0.39 is 0 Å². The predicted octanol–water partition coefficient (Wildman–Crippen LogP) is 2.53. The van der Waals surface area contributed by atoms with Crippen LogP contribution in [0.25, 0.3) is 16.5 Å². The van der Waals surface area contributed by atoms with Crippen molar-refractivity contribution in [3.8, 4) is 5.75 Å². The Labute approximate surface area is 174 Å². The lowest BCUT2D eigenvalue weighted by Crippen LogP contribution is -2.19. The fraction of sp³-hybridized carbons (Fsp3) is 0.304. The Hall–Kier alpha value is -3.16. The van der Waals surface area contributed by atoms with Crippen LogP contribution in [0.3, 0.4) is 0 Å². The zero-order valence-corrected chi connectivity index (χ0v) is 17.4. The molecular weight excluding hydrogens is 380 g/mol. The Bertz CT molecular complexity index is 1170. The number of aromatic amines is 2. The third kappa shape index (κ3) is 3.36. The zero-order valence-electron chi connectivity index (χ0n) is 17.4. The minimum Gasteiger partial charge on any atom is -0.507 e. The van der Waals surface area contributed by atoms with Crippen LogP contribution in [-0.2, 0) is 12.8 Å². The maximum Gasteiger partial charge on any atom is 0.210 e. The molecule has 7 nitrogen and oxygen atoms in total. The molecule has 2 aromatic heterocycles. The molecule has 30 heavy (non-hydrogen) atoms. The van der Waals surface area contributed by atoms with Crippen LogP contribution in [0.5, 0.6) is 5.75 Å². The van der Waals surface area contributed by atoms with Gasteiger partial charge in [0, 0.05) is 35.5 Å². The van der Waals surface area contributed by atoms with Gasteiger partial charge in [0.2, 0.25) is 5.78 Å². The van der Waals surface area contributed by atoms with Gasteiger partial charge < -0.3 is 25.3 Å². The highest BCUT2D eigenvalue weighted by Crippen LogP contribution is 2.37. The molecule has 0 amide bonds. The van der Waals surface area contributed by atoms with Gasteiger partial charge in [0.05, 0.1) is 16.8 Å². The largest absolute Gasteiger partial charge is 0.507 e. The summed E-state index contributed by atoms with van der Waals surface area (Å²) < 4.78 is 0. The van der Waals surface area contributed by atoms with Gasteiger partial charge in [-0.25, -0.2) is 0 Å². The molecule has 4 rings (SSSR count). The van der Waals surface area contributed by atoms with Crippen molar-refractivity contribution in [3.63, 3.8) is 0 Å². The Morgan fingerprint density at radius 2 is 1.83 bits per heavy atom. The van der Waals surface area contributed by atoms with Crippen molar-refractivity contribution in [2.24, 2.45) is 0 Å². The van der Waals surface area contributed by atoms with Gasteiger partial charge in [-0.1, -0.05) is 0 Å². The van der Waals surface area contributed by atoms with Crippen LogP contribution < -0.4 is 5.32 Å². The number of aromatic nitrogens is 2. The number of carbonyl (C=O) groups is 2. The second-order valence-corrected chi connectivity index (χ2v) is 7.92. The second kappa shape index (κ2) is 7.93. The topological polar surface area (TPSA) is 101 Å².